The summed E-state index contributed by atoms with van der Waals surface area (Å²) in [6.45, 7) is 7.79. The van der Waals surface area contributed by atoms with E-state index >= 15 is 0 Å². The maximum absolute atomic E-state index is 6.24. The Morgan fingerprint density at radius 3 is 2.37 bits per heavy atom. The van der Waals surface area contributed by atoms with E-state index < -0.39 is 0 Å². The van der Waals surface area contributed by atoms with Crippen molar-refractivity contribution in [3.63, 3.8) is 0 Å². The molecule has 1 atom stereocenters. The molecule has 0 aliphatic carbocycles. The van der Waals surface area contributed by atoms with Crippen molar-refractivity contribution in [2.24, 2.45) is 5.16 Å². The van der Waals surface area contributed by atoms with Crippen LogP contribution in [0.1, 0.15) is 46.5 Å². The van der Waals surface area contributed by atoms with Crippen molar-refractivity contribution < 1.29 is 19.0 Å². The first-order chi connectivity index (χ1) is 14.3. The lowest BCUT2D eigenvalue weighted by Crippen LogP contribution is -2.09. The average molecular weight is 501 g/mol. The van der Waals surface area contributed by atoms with Gasteiger partial charge >= 0.3 is 0 Å². The van der Waals surface area contributed by atoms with Crippen LogP contribution in [0.5, 0.6) is 11.5 Å². The summed E-state index contributed by atoms with van der Waals surface area (Å²) in [6.07, 6.45) is 5.31. The van der Waals surface area contributed by atoms with E-state index in [0.29, 0.717) is 41.4 Å². The van der Waals surface area contributed by atoms with Crippen LogP contribution in [0.15, 0.2) is 27.9 Å². The number of benzene rings is 1. The van der Waals surface area contributed by atoms with Crippen LogP contribution >= 0.6 is 46.4 Å². The third-order valence-electron chi connectivity index (χ3n) is 3.91. The first-order valence-electron chi connectivity index (χ1n) is 9.86. The molecule has 0 aliphatic heterocycles. The molecule has 170 valence electrons. The minimum atomic E-state index is 0.123. The van der Waals surface area contributed by atoms with E-state index in [9.17, 15) is 0 Å². The molecule has 0 radical (unpaired) electrons. The van der Waals surface area contributed by atoms with E-state index in [1.807, 2.05) is 13.8 Å². The van der Waals surface area contributed by atoms with Crippen LogP contribution in [-0.2, 0) is 9.57 Å². The van der Waals surface area contributed by atoms with E-state index in [0.717, 1.165) is 31.4 Å². The Labute approximate surface area is 199 Å². The van der Waals surface area contributed by atoms with Gasteiger partial charge < -0.3 is 19.0 Å². The van der Waals surface area contributed by atoms with Crippen LogP contribution in [0.3, 0.4) is 0 Å². The second-order valence-corrected chi connectivity index (χ2v) is 8.46. The lowest BCUT2D eigenvalue weighted by molar-refractivity contribution is 0.0667. The van der Waals surface area contributed by atoms with E-state index in [4.69, 9.17) is 65.5 Å². The summed E-state index contributed by atoms with van der Waals surface area (Å²) >= 11 is 23.6. The van der Waals surface area contributed by atoms with Gasteiger partial charge in [-0.05, 0) is 45.6 Å². The zero-order valence-electron chi connectivity index (χ0n) is 17.6. The molecule has 1 aromatic rings. The number of ether oxygens (including phenoxy) is 3. The largest absolute Gasteiger partial charge is 0.490 e. The lowest BCUT2D eigenvalue weighted by Gasteiger charge is -2.12. The SMILES string of the molecule is CCC(C)ON=C(C)COCCCCCOc1c(Cl)cc(OCC=C(Cl)Cl)cc1Cl. The Balaban J connectivity index is 2.23. The summed E-state index contributed by atoms with van der Waals surface area (Å²) in [4.78, 5) is 5.31. The molecule has 0 amide bonds. The molecule has 9 heteroatoms. The predicted octanol–water partition coefficient (Wildman–Crippen LogP) is 7.45. The summed E-state index contributed by atoms with van der Waals surface area (Å²) in [5.74, 6) is 0.953. The first kappa shape index (κ1) is 27.2. The maximum Gasteiger partial charge on any atom is 0.156 e. The summed E-state index contributed by atoms with van der Waals surface area (Å²) in [6, 6.07) is 3.28. The quantitative estimate of drug-likeness (QED) is 0.142. The number of nitrogens with zero attached hydrogens (tertiary/aromatic N) is 1. The number of hydrogen-bond donors (Lipinski definition) is 0. The van der Waals surface area contributed by atoms with Crippen molar-refractivity contribution in [1.82, 2.24) is 0 Å². The molecule has 1 rings (SSSR count). The van der Waals surface area contributed by atoms with Gasteiger partial charge in [0.25, 0.3) is 0 Å². The van der Waals surface area contributed by atoms with Crippen LogP contribution in [0.25, 0.3) is 0 Å². The molecule has 30 heavy (non-hydrogen) atoms. The van der Waals surface area contributed by atoms with E-state index in [-0.39, 0.29) is 17.2 Å². The highest BCUT2D eigenvalue weighted by molar-refractivity contribution is 6.55. The van der Waals surface area contributed by atoms with Crippen molar-refractivity contribution in [2.45, 2.75) is 52.6 Å². The predicted molar refractivity (Wildman–Crippen MR) is 126 cm³/mol. The number of hydrogen-bond acceptors (Lipinski definition) is 5. The zero-order chi connectivity index (χ0) is 22.4. The van der Waals surface area contributed by atoms with Crippen molar-refractivity contribution in [3.05, 3.63) is 32.7 Å². The molecular formula is C21H29Cl4NO4. The fraction of sp³-hybridized carbons (Fsp3) is 0.571. The fourth-order valence-electron chi connectivity index (χ4n) is 2.12. The minimum Gasteiger partial charge on any atom is -0.490 e. The van der Waals surface area contributed by atoms with Gasteiger partial charge in [0, 0.05) is 18.7 Å². The molecule has 0 heterocycles. The highest BCUT2D eigenvalue weighted by Gasteiger charge is 2.10. The normalized spacial score (nSPS) is 12.4. The Bertz CT molecular complexity index is 671. The zero-order valence-corrected chi connectivity index (χ0v) is 20.6. The van der Waals surface area contributed by atoms with Gasteiger partial charge in [0.15, 0.2) is 5.75 Å². The van der Waals surface area contributed by atoms with E-state index in [1.54, 1.807) is 12.1 Å². The van der Waals surface area contributed by atoms with Crippen LogP contribution < -0.4 is 9.47 Å². The third-order valence-corrected chi connectivity index (χ3v) is 4.78. The van der Waals surface area contributed by atoms with Gasteiger partial charge in [-0.15, -0.1) is 0 Å². The van der Waals surface area contributed by atoms with Crippen LogP contribution in [0.4, 0.5) is 0 Å². The highest BCUT2D eigenvalue weighted by atomic mass is 35.5. The van der Waals surface area contributed by atoms with Gasteiger partial charge in [0.1, 0.15) is 23.0 Å². The Morgan fingerprint density at radius 1 is 1.07 bits per heavy atom. The highest BCUT2D eigenvalue weighted by Crippen LogP contribution is 2.37. The molecule has 1 unspecified atom stereocenters. The molecule has 0 aromatic heterocycles. The topological polar surface area (TPSA) is 49.3 Å². The second-order valence-electron chi connectivity index (χ2n) is 6.63. The number of rotatable bonds is 15. The standard InChI is InChI=1S/C21H29Cl4NO4/c1-4-16(3)30-26-15(2)14-27-9-6-5-7-10-29-21-18(22)12-17(13-19(21)23)28-11-8-20(24)25/h8,12-13,16H,4-7,9-11,14H2,1-3H3. The Kier molecular flexibility index (Phi) is 14.4. The van der Waals surface area contributed by atoms with Crippen molar-refractivity contribution in [1.29, 1.82) is 0 Å². The first-order valence-corrected chi connectivity index (χ1v) is 11.4. The number of unbranched alkanes of at least 4 members (excludes halogenated alkanes) is 2. The Morgan fingerprint density at radius 2 is 1.73 bits per heavy atom. The molecule has 1 aromatic carbocycles. The molecule has 0 N–H and O–H groups in total. The molecule has 0 spiro atoms. The smallest absolute Gasteiger partial charge is 0.156 e. The van der Waals surface area contributed by atoms with Gasteiger partial charge in [-0.1, -0.05) is 58.5 Å². The molecule has 5 nitrogen and oxygen atoms in total. The molecule has 0 bridgehead atoms. The van der Waals surface area contributed by atoms with Crippen LogP contribution in [0, 0.1) is 0 Å². The minimum absolute atomic E-state index is 0.123. The fourth-order valence-corrected chi connectivity index (χ4v) is 2.82. The molecule has 0 aliphatic rings. The van der Waals surface area contributed by atoms with Crippen LogP contribution in [0.2, 0.25) is 10.0 Å². The van der Waals surface area contributed by atoms with Gasteiger partial charge in [0.2, 0.25) is 0 Å². The van der Waals surface area contributed by atoms with Gasteiger partial charge in [-0.25, -0.2) is 0 Å². The summed E-state index contributed by atoms with van der Waals surface area (Å²) < 4.78 is 16.9. The number of halogens is 4. The van der Waals surface area contributed by atoms with Gasteiger partial charge in [-0.2, -0.15) is 0 Å². The van der Waals surface area contributed by atoms with E-state index in [1.165, 1.54) is 6.08 Å². The summed E-state index contributed by atoms with van der Waals surface area (Å²) in [7, 11) is 0. The molecular weight excluding hydrogens is 472 g/mol. The number of oxime groups is 1. The van der Waals surface area contributed by atoms with Gasteiger partial charge in [0.05, 0.1) is 29.0 Å². The third kappa shape index (κ3) is 12.1. The van der Waals surface area contributed by atoms with E-state index in [2.05, 4.69) is 12.1 Å². The summed E-state index contributed by atoms with van der Waals surface area (Å²) in [5.41, 5.74) is 0.831. The Hall–Kier alpha value is -0.850. The molecule has 0 saturated heterocycles. The maximum atomic E-state index is 6.24. The lowest BCUT2D eigenvalue weighted by atomic mass is 10.2. The van der Waals surface area contributed by atoms with Crippen molar-refractivity contribution in [3.8, 4) is 11.5 Å². The second kappa shape index (κ2) is 15.9. The molecule has 0 fully saturated rings. The van der Waals surface area contributed by atoms with Crippen LogP contribution in [-0.4, -0.2) is 38.2 Å². The van der Waals surface area contributed by atoms with Crippen molar-refractivity contribution >= 4 is 52.1 Å². The monoisotopic (exact) mass is 499 g/mol. The molecule has 0 saturated carbocycles. The average Bonchev–Trinajstić information content (AvgIpc) is 2.69. The summed E-state index contributed by atoms with van der Waals surface area (Å²) in [5, 5.41) is 4.82. The van der Waals surface area contributed by atoms with Gasteiger partial charge in [-0.3, -0.25) is 0 Å². The van der Waals surface area contributed by atoms with Crippen molar-refractivity contribution in [2.75, 3.05) is 26.4 Å².